The minimum absolute atomic E-state index is 0.0419. The monoisotopic (exact) mass is 589 g/mol. The molecule has 1 unspecified atom stereocenters. The highest BCUT2D eigenvalue weighted by Gasteiger charge is 2.50. The van der Waals surface area contributed by atoms with Gasteiger partial charge in [0.2, 0.25) is 10.0 Å². The maximum atomic E-state index is 14.2. The fourth-order valence-corrected chi connectivity index (χ4v) is 8.58. The Morgan fingerprint density at radius 2 is 1.76 bits per heavy atom. The van der Waals surface area contributed by atoms with Crippen molar-refractivity contribution in [2.45, 2.75) is 56.5 Å². The number of amides is 1. The number of fused-ring (bicyclic) bond motifs is 2. The van der Waals surface area contributed by atoms with E-state index < -0.39 is 10.0 Å². The molecule has 0 bridgehead atoms. The second kappa shape index (κ2) is 11.4. The maximum Gasteiger partial charge on any atom is 0.262 e. The van der Waals surface area contributed by atoms with E-state index in [9.17, 15) is 13.2 Å². The van der Waals surface area contributed by atoms with E-state index in [-0.39, 0.29) is 35.4 Å². The lowest BCUT2D eigenvalue weighted by molar-refractivity contribution is -0.118. The third-order valence-corrected chi connectivity index (χ3v) is 11.2. The molecule has 42 heavy (non-hydrogen) atoms. The quantitative estimate of drug-likeness (QED) is 0.441. The van der Waals surface area contributed by atoms with E-state index in [4.69, 9.17) is 9.47 Å². The smallest absolute Gasteiger partial charge is 0.262 e. The summed E-state index contributed by atoms with van der Waals surface area (Å²) >= 11 is 0. The van der Waals surface area contributed by atoms with Crippen molar-refractivity contribution in [3.63, 3.8) is 0 Å². The highest BCUT2D eigenvalue weighted by molar-refractivity contribution is 7.89. The van der Waals surface area contributed by atoms with Gasteiger partial charge in [-0.1, -0.05) is 42.5 Å². The van der Waals surface area contributed by atoms with Crippen LogP contribution in [-0.4, -0.2) is 75.6 Å². The van der Waals surface area contributed by atoms with E-state index in [0.29, 0.717) is 36.7 Å². The van der Waals surface area contributed by atoms with Crippen LogP contribution < -0.4 is 10.1 Å². The summed E-state index contributed by atoms with van der Waals surface area (Å²) in [6.45, 7) is 8.33. The van der Waals surface area contributed by atoms with E-state index in [2.05, 4.69) is 66.5 Å². The molecule has 3 aromatic carbocycles. The summed E-state index contributed by atoms with van der Waals surface area (Å²) in [5.41, 5.74) is 7.27. The fourth-order valence-electron chi connectivity index (χ4n) is 6.86. The van der Waals surface area contributed by atoms with Gasteiger partial charge in [-0.05, 0) is 79.6 Å². The van der Waals surface area contributed by atoms with Crippen LogP contribution in [0.5, 0.6) is 5.75 Å². The molecule has 3 atom stereocenters. The van der Waals surface area contributed by atoms with Gasteiger partial charge in [0.25, 0.3) is 5.91 Å². The Morgan fingerprint density at radius 1 is 1.00 bits per heavy atom. The first kappa shape index (κ1) is 28.9. The molecule has 8 nitrogen and oxygen atoms in total. The summed E-state index contributed by atoms with van der Waals surface area (Å²) in [4.78, 5) is 14.4. The molecule has 3 aliphatic heterocycles. The third-order valence-electron chi connectivity index (χ3n) is 9.22. The van der Waals surface area contributed by atoms with Crippen LogP contribution in [0.4, 0.5) is 5.69 Å². The third kappa shape index (κ3) is 5.13. The fraction of sp³-hybridized carbons (Fsp3) is 0.424. The molecular formula is C33H39N3O5S. The van der Waals surface area contributed by atoms with E-state index >= 15 is 0 Å². The molecule has 0 aliphatic carbocycles. The Bertz CT molecular complexity index is 1600. The van der Waals surface area contributed by atoms with Crippen molar-refractivity contribution in [3.8, 4) is 16.9 Å². The predicted molar refractivity (Wildman–Crippen MR) is 164 cm³/mol. The van der Waals surface area contributed by atoms with Gasteiger partial charge in [-0.2, -0.15) is 4.31 Å². The van der Waals surface area contributed by atoms with Crippen LogP contribution in [0.25, 0.3) is 11.1 Å². The Hall–Kier alpha value is -3.24. The van der Waals surface area contributed by atoms with Crippen LogP contribution >= 0.6 is 0 Å². The van der Waals surface area contributed by atoms with Crippen LogP contribution in [0.1, 0.15) is 41.0 Å². The van der Waals surface area contributed by atoms with Crippen molar-refractivity contribution in [2.24, 2.45) is 0 Å². The number of nitrogens with one attached hydrogen (secondary N) is 1. The molecule has 0 spiro atoms. The Kier molecular flexibility index (Phi) is 7.87. The topological polar surface area (TPSA) is 88.2 Å². The number of anilines is 1. The second-order valence-corrected chi connectivity index (χ2v) is 13.7. The van der Waals surface area contributed by atoms with Crippen molar-refractivity contribution >= 4 is 21.6 Å². The van der Waals surface area contributed by atoms with Crippen LogP contribution in [0.15, 0.2) is 59.5 Å². The number of hydrogen-bond donors (Lipinski definition) is 1. The maximum absolute atomic E-state index is 14.2. The lowest BCUT2D eigenvalue weighted by Gasteiger charge is -2.57. The Morgan fingerprint density at radius 3 is 2.52 bits per heavy atom. The molecule has 0 radical (unpaired) electrons. The molecular weight excluding hydrogens is 550 g/mol. The summed E-state index contributed by atoms with van der Waals surface area (Å²) in [6, 6.07) is 18.7. The van der Waals surface area contributed by atoms with Gasteiger partial charge in [-0.15, -0.1) is 0 Å². The molecule has 3 aromatic rings. The number of carbonyl (C=O) groups excluding carboxylic acids is 1. The highest BCUT2D eigenvalue weighted by atomic mass is 32.2. The van der Waals surface area contributed by atoms with E-state index in [1.165, 1.54) is 27.8 Å². The molecule has 2 fully saturated rings. The van der Waals surface area contributed by atoms with Gasteiger partial charge in [-0.3, -0.25) is 9.69 Å². The number of benzene rings is 3. The first-order valence-electron chi connectivity index (χ1n) is 14.7. The van der Waals surface area contributed by atoms with Crippen molar-refractivity contribution in [1.29, 1.82) is 0 Å². The van der Waals surface area contributed by atoms with Crippen molar-refractivity contribution in [3.05, 3.63) is 76.9 Å². The normalized spacial score (nSPS) is 23.0. The molecule has 3 heterocycles. The van der Waals surface area contributed by atoms with Crippen LogP contribution in [0.2, 0.25) is 0 Å². The molecule has 0 aromatic heterocycles. The molecule has 1 amide bonds. The zero-order valence-corrected chi connectivity index (χ0v) is 25.5. The highest BCUT2D eigenvalue weighted by Crippen LogP contribution is 2.44. The lowest BCUT2D eigenvalue weighted by Crippen LogP contribution is -2.68. The number of carbonyl (C=O) groups is 1. The van der Waals surface area contributed by atoms with Gasteiger partial charge in [0, 0.05) is 44.3 Å². The first-order valence-corrected chi connectivity index (χ1v) is 16.1. The summed E-state index contributed by atoms with van der Waals surface area (Å²) in [6.07, 6.45) is 1.70. The molecule has 2 saturated heterocycles. The average molecular weight is 590 g/mol. The Labute approximate surface area is 248 Å². The average Bonchev–Trinajstić information content (AvgIpc) is 2.95. The molecule has 1 N–H and O–H groups in total. The minimum Gasteiger partial charge on any atom is -0.482 e. The van der Waals surface area contributed by atoms with E-state index in [1.807, 2.05) is 0 Å². The first-order chi connectivity index (χ1) is 20.2. The number of aryl methyl sites for hydroxylation is 2. The summed E-state index contributed by atoms with van der Waals surface area (Å²) in [5, 5.41) is 2.77. The minimum atomic E-state index is -3.81. The van der Waals surface area contributed by atoms with Crippen molar-refractivity contribution < 1.29 is 22.7 Å². The van der Waals surface area contributed by atoms with Gasteiger partial charge in [0.15, 0.2) is 6.61 Å². The van der Waals surface area contributed by atoms with Crippen LogP contribution in [0, 0.1) is 20.8 Å². The molecule has 3 aliphatic rings. The molecule has 6 rings (SSSR count). The standard InChI is InChI=1S/C33H39N3O5S/c1-21-8-7-9-26(23(21)3)24-10-12-25(13-11-24)33-28-18-35(14-5-6-15-36(28)29(33)19-40-4)42(38,39)31-17-30-27(16-22(31)2)34-32(37)20-41-30/h7-13,16-17,28-29,33H,5-6,14-15,18-20H2,1-4H3,(H,34,37)/t28?,29-,33+/m1/s1. The number of ether oxygens (including phenoxy) is 2. The largest absolute Gasteiger partial charge is 0.482 e. The lowest BCUT2D eigenvalue weighted by atomic mass is 9.74. The number of sulfonamides is 1. The SMILES string of the molecule is COC[C@@H]1[C@@H](c2ccc(-c3cccc(C)c3C)cc2)C2CN(S(=O)(=O)c3cc4c(cc3C)NC(=O)CO4)CCCCN21. The number of hydrogen-bond acceptors (Lipinski definition) is 6. The van der Waals surface area contributed by atoms with Gasteiger partial charge in [0.05, 0.1) is 17.2 Å². The number of nitrogens with zero attached hydrogens (tertiary/aromatic N) is 2. The van der Waals surface area contributed by atoms with Crippen LogP contribution in [0.3, 0.4) is 0 Å². The molecule has 9 heteroatoms. The predicted octanol–water partition coefficient (Wildman–Crippen LogP) is 4.88. The van der Waals surface area contributed by atoms with Gasteiger partial charge in [-0.25, -0.2) is 8.42 Å². The summed E-state index contributed by atoms with van der Waals surface area (Å²) < 4.78 is 41.2. The van der Waals surface area contributed by atoms with Crippen LogP contribution in [-0.2, 0) is 19.6 Å². The Balaban J connectivity index is 1.30. The van der Waals surface area contributed by atoms with E-state index in [0.717, 1.165) is 19.4 Å². The molecule has 0 saturated carbocycles. The zero-order chi connectivity index (χ0) is 29.6. The number of methoxy groups -OCH3 is 1. The van der Waals surface area contributed by atoms with Crippen molar-refractivity contribution in [1.82, 2.24) is 9.21 Å². The van der Waals surface area contributed by atoms with Gasteiger partial charge >= 0.3 is 0 Å². The van der Waals surface area contributed by atoms with Gasteiger partial charge in [0.1, 0.15) is 5.75 Å². The van der Waals surface area contributed by atoms with Gasteiger partial charge < -0.3 is 14.8 Å². The molecule has 222 valence electrons. The zero-order valence-electron chi connectivity index (χ0n) is 24.7. The van der Waals surface area contributed by atoms with E-state index in [1.54, 1.807) is 30.5 Å². The summed E-state index contributed by atoms with van der Waals surface area (Å²) in [7, 11) is -2.07. The van der Waals surface area contributed by atoms with Crippen molar-refractivity contribution in [2.75, 3.05) is 45.3 Å². The number of rotatable bonds is 6. The second-order valence-electron chi connectivity index (χ2n) is 11.7. The summed E-state index contributed by atoms with van der Waals surface area (Å²) in [5.74, 6) is 0.291.